The van der Waals surface area contributed by atoms with Crippen molar-refractivity contribution in [2.24, 2.45) is 0 Å². The molecule has 1 amide bonds. The summed E-state index contributed by atoms with van der Waals surface area (Å²) < 4.78 is 44.4. The van der Waals surface area contributed by atoms with Gasteiger partial charge in [0.1, 0.15) is 17.2 Å². The zero-order valence-electron chi connectivity index (χ0n) is 18.1. The summed E-state index contributed by atoms with van der Waals surface area (Å²) in [6.45, 7) is 7.05. The van der Waals surface area contributed by atoms with Crippen LogP contribution in [0.2, 0.25) is 0 Å². The van der Waals surface area contributed by atoms with Crippen LogP contribution in [0.25, 0.3) is 11.4 Å². The lowest BCUT2D eigenvalue weighted by Crippen LogP contribution is -2.43. The first-order chi connectivity index (χ1) is 14.7. The minimum Gasteiger partial charge on any atom is -0.444 e. The van der Waals surface area contributed by atoms with Crippen molar-refractivity contribution in [3.05, 3.63) is 29.7 Å². The van der Waals surface area contributed by atoms with Gasteiger partial charge in [-0.1, -0.05) is 5.16 Å². The fourth-order valence-electron chi connectivity index (χ4n) is 3.20. The molecule has 170 valence electrons. The summed E-state index contributed by atoms with van der Waals surface area (Å²) >= 11 is 1.00. The lowest BCUT2D eigenvalue weighted by molar-refractivity contribution is -0.0114. The highest BCUT2D eigenvalue weighted by Gasteiger charge is 2.27. The second-order valence-corrected chi connectivity index (χ2v) is 9.09. The predicted octanol–water partition coefficient (Wildman–Crippen LogP) is 4.70. The summed E-state index contributed by atoms with van der Waals surface area (Å²) in [7, 11) is 0. The SMILES string of the molecule is CSc1c(F)cc(-c2noc(CCOC3CCN(C(=O)OC(C)(C)C)CC3)n2)cc1F. The maximum absolute atomic E-state index is 14.0. The van der Waals surface area contributed by atoms with Crippen molar-refractivity contribution >= 4 is 17.9 Å². The molecule has 0 spiro atoms. The molecule has 0 aliphatic carbocycles. The first-order valence-electron chi connectivity index (χ1n) is 10.1. The van der Waals surface area contributed by atoms with Crippen LogP contribution in [0, 0.1) is 11.6 Å². The Labute approximate surface area is 184 Å². The number of benzene rings is 1. The van der Waals surface area contributed by atoms with E-state index in [-0.39, 0.29) is 28.5 Å². The minimum absolute atomic E-state index is 0.0309. The fourth-order valence-corrected chi connectivity index (χ4v) is 3.71. The van der Waals surface area contributed by atoms with Crippen molar-refractivity contribution in [2.75, 3.05) is 26.0 Å². The number of aromatic nitrogens is 2. The van der Waals surface area contributed by atoms with Crippen LogP contribution in [-0.4, -0.2) is 58.8 Å². The third-order valence-electron chi connectivity index (χ3n) is 4.69. The zero-order valence-corrected chi connectivity index (χ0v) is 18.9. The number of hydrogen-bond donors (Lipinski definition) is 0. The quantitative estimate of drug-likeness (QED) is 0.585. The smallest absolute Gasteiger partial charge is 0.410 e. The molecule has 1 fully saturated rings. The first-order valence-corrected chi connectivity index (χ1v) is 11.3. The standard InChI is InChI=1S/C21H27F2N3O4S/c1-21(2,3)29-20(27)26-8-5-14(6-9-26)28-10-7-17-24-19(25-30-17)13-11-15(22)18(31-4)16(23)12-13/h11-12,14H,5-10H2,1-4H3. The molecule has 0 atom stereocenters. The number of ether oxygens (including phenoxy) is 2. The van der Waals surface area contributed by atoms with Crippen molar-refractivity contribution in [3.63, 3.8) is 0 Å². The number of thioether (sulfide) groups is 1. The molecule has 2 aromatic rings. The molecule has 0 N–H and O–H groups in total. The number of rotatable bonds is 6. The molecule has 31 heavy (non-hydrogen) atoms. The van der Waals surface area contributed by atoms with Crippen molar-refractivity contribution in [1.29, 1.82) is 0 Å². The van der Waals surface area contributed by atoms with Gasteiger partial charge in [-0.3, -0.25) is 0 Å². The number of halogens is 2. The Morgan fingerprint density at radius 1 is 1.26 bits per heavy atom. The highest BCUT2D eigenvalue weighted by molar-refractivity contribution is 7.98. The number of hydrogen-bond acceptors (Lipinski definition) is 7. The zero-order chi connectivity index (χ0) is 22.6. The number of likely N-dealkylation sites (tertiary alicyclic amines) is 1. The van der Waals surface area contributed by atoms with E-state index in [1.165, 1.54) is 12.1 Å². The van der Waals surface area contributed by atoms with Crippen molar-refractivity contribution in [1.82, 2.24) is 15.0 Å². The van der Waals surface area contributed by atoms with E-state index in [9.17, 15) is 13.6 Å². The van der Waals surface area contributed by atoms with Gasteiger partial charge in [0.25, 0.3) is 0 Å². The largest absolute Gasteiger partial charge is 0.444 e. The second kappa shape index (κ2) is 9.95. The highest BCUT2D eigenvalue weighted by atomic mass is 32.2. The highest BCUT2D eigenvalue weighted by Crippen LogP contribution is 2.28. The summed E-state index contributed by atoms with van der Waals surface area (Å²) in [5, 5.41) is 3.81. The lowest BCUT2D eigenvalue weighted by Gasteiger charge is -2.33. The summed E-state index contributed by atoms with van der Waals surface area (Å²) in [5.74, 6) is -0.855. The van der Waals surface area contributed by atoms with Gasteiger partial charge in [-0.15, -0.1) is 11.8 Å². The molecule has 1 aromatic carbocycles. The van der Waals surface area contributed by atoms with Crippen LogP contribution in [0.1, 0.15) is 39.5 Å². The van der Waals surface area contributed by atoms with Gasteiger partial charge in [0.2, 0.25) is 11.7 Å². The number of amides is 1. The molecule has 10 heteroatoms. The molecule has 1 saturated heterocycles. The van der Waals surface area contributed by atoms with Crippen LogP contribution in [0.4, 0.5) is 13.6 Å². The molecule has 0 saturated carbocycles. The third kappa shape index (κ3) is 6.39. The maximum Gasteiger partial charge on any atom is 0.410 e. The number of nitrogens with zero attached hydrogens (tertiary/aromatic N) is 3. The van der Waals surface area contributed by atoms with Crippen molar-refractivity contribution in [3.8, 4) is 11.4 Å². The van der Waals surface area contributed by atoms with Crippen LogP contribution in [0.15, 0.2) is 21.6 Å². The first kappa shape index (κ1) is 23.5. The Balaban J connectivity index is 1.46. The van der Waals surface area contributed by atoms with Crippen molar-refractivity contribution in [2.45, 2.75) is 56.6 Å². The summed E-state index contributed by atoms with van der Waals surface area (Å²) in [5.41, 5.74) is -0.291. The van der Waals surface area contributed by atoms with Gasteiger partial charge in [-0.25, -0.2) is 13.6 Å². The van der Waals surface area contributed by atoms with Crippen LogP contribution in [0.3, 0.4) is 0 Å². The Morgan fingerprint density at radius 2 is 1.90 bits per heavy atom. The molecule has 1 aliphatic heterocycles. The summed E-state index contributed by atoms with van der Waals surface area (Å²) in [6, 6.07) is 2.39. The molecule has 0 bridgehead atoms. The maximum atomic E-state index is 14.0. The molecule has 3 rings (SSSR count). The van der Waals surface area contributed by atoms with Gasteiger partial charge in [-0.2, -0.15) is 4.98 Å². The van der Waals surface area contributed by atoms with Gasteiger partial charge < -0.3 is 18.9 Å². The van der Waals surface area contributed by atoms with Gasteiger partial charge in [0.05, 0.1) is 24.0 Å². The van der Waals surface area contributed by atoms with Crippen LogP contribution in [0.5, 0.6) is 0 Å². The molecule has 0 radical (unpaired) electrons. The van der Waals surface area contributed by atoms with Crippen LogP contribution in [-0.2, 0) is 15.9 Å². The third-order valence-corrected chi connectivity index (χ3v) is 5.49. The average molecular weight is 456 g/mol. The molecule has 1 aliphatic rings. The van der Waals surface area contributed by atoms with E-state index in [4.69, 9.17) is 14.0 Å². The Morgan fingerprint density at radius 3 is 2.48 bits per heavy atom. The average Bonchev–Trinajstić information content (AvgIpc) is 3.16. The number of carbonyl (C=O) groups excluding carboxylic acids is 1. The van der Waals surface area contributed by atoms with Gasteiger partial charge in [0, 0.05) is 18.7 Å². The Hall–Kier alpha value is -2.20. The minimum atomic E-state index is -0.657. The number of piperidine rings is 1. The van der Waals surface area contributed by atoms with E-state index in [2.05, 4.69) is 10.1 Å². The van der Waals surface area contributed by atoms with E-state index in [1.54, 1.807) is 11.2 Å². The van der Waals surface area contributed by atoms with E-state index in [0.29, 0.717) is 44.8 Å². The molecule has 0 unspecified atom stereocenters. The van der Waals surface area contributed by atoms with Crippen LogP contribution < -0.4 is 0 Å². The van der Waals surface area contributed by atoms with Gasteiger partial charge in [0.15, 0.2) is 0 Å². The van der Waals surface area contributed by atoms with Crippen LogP contribution >= 0.6 is 11.8 Å². The topological polar surface area (TPSA) is 77.7 Å². The van der Waals surface area contributed by atoms with E-state index in [0.717, 1.165) is 11.8 Å². The molecular weight excluding hydrogens is 428 g/mol. The molecule has 2 heterocycles. The summed E-state index contributed by atoms with van der Waals surface area (Å²) in [4.78, 5) is 18.0. The second-order valence-electron chi connectivity index (χ2n) is 8.27. The summed E-state index contributed by atoms with van der Waals surface area (Å²) in [6.07, 6.45) is 3.15. The van der Waals surface area contributed by atoms with Gasteiger partial charge >= 0.3 is 6.09 Å². The number of carbonyl (C=O) groups is 1. The van der Waals surface area contributed by atoms with E-state index < -0.39 is 17.2 Å². The Kier molecular flexibility index (Phi) is 7.53. The molecule has 1 aromatic heterocycles. The Bertz CT molecular complexity index is 885. The monoisotopic (exact) mass is 455 g/mol. The fraction of sp³-hybridized carbons (Fsp3) is 0.571. The molecule has 7 nitrogen and oxygen atoms in total. The van der Waals surface area contributed by atoms with Gasteiger partial charge in [-0.05, 0) is 52.0 Å². The van der Waals surface area contributed by atoms with E-state index >= 15 is 0 Å². The lowest BCUT2D eigenvalue weighted by atomic mass is 10.1. The van der Waals surface area contributed by atoms with E-state index in [1.807, 2.05) is 20.8 Å². The predicted molar refractivity (Wildman–Crippen MR) is 112 cm³/mol. The normalized spacial score (nSPS) is 15.4. The van der Waals surface area contributed by atoms with Crippen molar-refractivity contribution < 1.29 is 27.6 Å². The molecular formula is C21H27F2N3O4S.